The van der Waals surface area contributed by atoms with E-state index >= 15 is 0 Å². The highest BCUT2D eigenvalue weighted by Crippen LogP contribution is 2.35. The van der Waals surface area contributed by atoms with Gasteiger partial charge in [-0.1, -0.05) is 50.3 Å². The molecule has 1 unspecified atom stereocenters. The summed E-state index contributed by atoms with van der Waals surface area (Å²) >= 11 is 0. The molecule has 0 N–H and O–H groups in total. The van der Waals surface area contributed by atoms with E-state index in [1.807, 2.05) is 51.1 Å². The lowest BCUT2D eigenvalue weighted by Gasteiger charge is -2.19. The van der Waals surface area contributed by atoms with Crippen LogP contribution < -0.4 is 9.47 Å². The molecule has 3 rings (SSSR count). The third-order valence-corrected chi connectivity index (χ3v) is 5.69. The molecule has 0 spiro atoms. The van der Waals surface area contributed by atoms with Crippen molar-refractivity contribution in [3.05, 3.63) is 94.5 Å². The molecule has 0 aromatic heterocycles. The molecule has 0 heterocycles. The number of ketones is 1. The summed E-state index contributed by atoms with van der Waals surface area (Å²) in [5.41, 5.74) is 2.44. The van der Waals surface area contributed by atoms with Gasteiger partial charge < -0.3 is 18.9 Å². The average Bonchev–Trinajstić information content (AvgIpc) is 3.06. The molecule has 1 atom stereocenters. The van der Waals surface area contributed by atoms with Crippen molar-refractivity contribution in [2.45, 2.75) is 33.8 Å². The first-order chi connectivity index (χ1) is 17.9. The zero-order valence-corrected chi connectivity index (χ0v) is 21.5. The number of Topliss-reactive ketones (excluding diaryl/α,β-unsaturated/α-hetero) is 1. The van der Waals surface area contributed by atoms with Gasteiger partial charge in [-0.15, -0.1) is 0 Å². The number of methoxy groups -OCH3 is 1. The van der Waals surface area contributed by atoms with Gasteiger partial charge in [0.2, 0.25) is 0 Å². The van der Waals surface area contributed by atoms with E-state index in [-0.39, 0.29) is 24.9 Å². The standard InChI is InChI=1S/C30H31NO6/c1-20(2)12-26(33)25-10-11-27(21(3)30(25)34-4)37-29-15-24(17-35-19-32)13-23(16-31)14-28(29)36-18-22-8-6-5-7-9-22/h5-11,13-15,19-20,24H,12,17-18H2,1-4H3. The summed E-state index contributed by atoms with van der Waals surface area (Å²) in [6, 6.07) is 15.2. The Kier molecular flexibility index (Phi) is 9.68. The topological polar surface area (TPSA) is 94.9 Å². The lowest BCUT2D eigenvalue weighted by Crippen LogP contribution is -2.10. The van der Waals surface area contributed by atoms with Crippen LogP contribution in [0.25, 0.3) is 0 Å². The van der Waals surface area contributed by atoms with Crippen LogP contribution in [0.5, 0.6) is 11.5 Å². The molecule has 0 bridgehead atoms. The molecule has 37 heavy (non-hydrogen) atoms. The van der Waals surface area contributed by atoms with E-state index in [4.69, 9.17) is 18.9 Å². The van der Waals surface area contributed by atoms with Gasteiger partial charge in [-0.3, -0.25) is 9.59 Å². The Hall–Kier alpha value is -4.31. The van der Waals surface area contributed by atoms with Crippen molar-refractivity contribution < 1.29 is 28.5 Å². The Bertz CT molecular complexity index is 1250. The molecule has 7 nitrogen and oxygen atoms in total. The second-order valence-electron chi connectivity index (χ2n) is 9.03. The molecule has 2 aromatic rings. The van der Waals surface area contributed by atoms with Crippen molar-refractivity contribution in [1.82, 2.24) is 0 Å². The quantitative estimate of drug-likeness (QED) is 0.266. The van der Waals surface area contributed by atoms with Crippen molar-refractivity contribution in [2.24, 2.45) is 11.8 Å². The average molecular weight is 502 g/mol. The Balaban J connectivity index is 1.98. The molecule has 1 aliphatic rings. The van der Waals surface area contributed by atoms with Gasteiger partial charge in [0.05, 0.1) is 24.3 Å². The van der Waals surface area contributed by atoms with Crippen molar-refractivity contribution in [3.8, 4) is 17.6 Å². The van der Waals surface area contributed by atoms with E-state index < -0.39 is 5.92 Å². The minimum absolute atomic E-state index is 0.00380. The maximum Gasteiger partial charge on any atom is 0.293 e. The number of nitrogens with zero attached hydrogens (tertiary/aromatic N) is 1. The maximum absolute atomic E-state index is 12.8. The second-order valence-corrected chi connectivity index (χ2v) is 9.03. The number of ether oxygens (including phenoxy) is 4. The molecule has 0 amide bonds. The molecule has 0 saturated heterocycles. The second kappa shape index (κ2) is 13.1. The number of rotatable bonds is 12. The molecule has 7 heteroatoms. The van der Waals surface area contributed by atoms with Gasteiger partial charge in [0.25, 0.3) is 6.47 Å². The molecule has 2 aromatic carbocycles. The molecular formula is C30H31NO6. The number of benzene rings is 2. The monoisotopic (exact) mass is 501 g/mol. The predicted octanol–water partition coefficient (Wildman–Crippen LogP) is 5.85. The highest BCUT2D eigenvalue weighted by molar-refractivity contribution is 5.99. The largest absolute Gasteiger partial charge is 0.496 e. The van der Waals surface area contributed by atoms with Gasteiger partial charge in [-0.25, -0.2) is 0 Å². The first-order valence-corrected chi connectivity index (χ1v) is 12.0. The summed E-state index contributed by atoms with van der Waals surface area (Å²) in [4.78, 5) is 23.6. The van der Waals surface area contributed by atoms with Crippen LogP contribution >= 0.6 is 0 Å². The highest BCUT2D eigenvalue weighted by atomic mass is 16.5. The van der Waals surface area contributed by atoms with Crippen LogP contribution in [-0.4, -0.2) is 26.0 Å². The summed E-state index contributed by atoms with van der Waals surface area (Å²) in [7, 11) is 1.52. The van der Waals surface area contributed by atoms with Crippen molar-refractivity contribution in [3.63, 3.8) is 0 Å². The van der Waals surface area contributed by atoms with Gasteiger partial charge in [0, 0.05) is 24.0 Å². The van der Waals surface area contributed by atoms with E-state index in [9.17, 15) is 14.9 Å². The Morgan fingerprint density at radius 3 is 2.51 bits per heavy atom. The van der Waals surface area contributed by atoms with Crippen LogP contribution in [0.1, 0.15) is 41.8 Å². The zero-order valence-electron chi connectivity index (χ0n) is 21.5. The number of nitriles is 1. The van der Waals surface area contributed by atoms with Crippen LogP contribution in [0.3, 0.4) is 0 Å². The summed E-state index contributed by atoms with van der Waals surface area (Å²) in [5, 5.41) is 9.65. The number of allylic oxidation sites excluding steroid dienone is 2. The SMILES string of the molecule is COc1c(C(=O)CC(C)C)ccc(OC2=CC(COC=O)C=C(C#N)C=C2OCc2ccccc2)c1C. The van der Waals surface area contributed by atoms with E-state index in [0.717, 1.165) is 5.56 Å². The molecule has 0 saturated carbocycles. The maximum atomic E-state index is 12.8. The minimum atomic E-state index is -0.419. The molecule has 0 radical (unpaired) electrons. The zero-order chi connectivity index (χ0) is 26.8. The lowest BCUT2D eigenvalue weighted by molar-refractivity contribution is -0.129. The first kappa shape index (κ1) is 27.3. The molecule has 1 aliphatic carbocycles. The number of carbonyl (C=O) groups excluding carboxylic acids is 2. The molecule has 192 valence electrons. The normalized spacial score (nSPS) is 14.9. The molecule has 0 fully saturated rings. The predicted molar refractivity (Wildman–Crippen MR) is 139 cm³/mol. The van der Waals surface area contributed by atoms with Crippen LogP contribution in [0.15, 0.2) is 77.8 Å². The Labute approximate surface area is 217 Å². The van der Waals surface area contributed by atoms with Crippen LogP contribution in [0, 0.1) is 30.1 Å². The van der Waals surface area contributed by atoms with E-state index in [1.165, 1.54) is 7.11 Å². The minimum Gasteiger partial charge on any atom is -0.496 e. The summed E-state index contributed by atoms with van der Waals surface area (Å²) in [5.74, 6) is 1.41. The van der Waals surface area contributed by atoms with E-state index in [1.54, 1.807) is 30.4 Å². The van der Waals surface area contributed by atoms with Gasteiger partial charge in [0.15, 0.2) is 17.3 Å². The lowest BCUT2D eigenvalue weighted by atomic mass is 9.98. The van der Waals surface area contributed by atoms with Gasteiger partial charge >= 0.3 is 0 Å². The van der Waals surface area contributed by atoms with Crippen molar-refractivity contribution in [1.29, 1.82) is 5.26 Å². The third kappa shape index (κ3) is 7.34. The van der Waals surface area contributed by atoms with Gasteiger partial charge in [-0.2, -0.15) is 5.26 Å². The fourth-order valence-electron chi connectivity index (χ4n) is 3.93. The third-order valence-electron chi connectivity index (χ3n) is 5.69. The summed E-state index contributed by atoms with van der Waals surface area (Å²) in [6.45, 7) is 6.45. The smallest absolute Gasteiger partial charge is 0.293 e. The van der Waals surface area contributed by atoms with E-state index in [2.05, 4.69) is 6.07 Å². The number of hydrogen-bond donors (Lipinski definition) is 0. The summed E-state index contributed by atoms with van der Waals surface area (Å²) in [6.07, 6.45) is 5.44. The van der Waals surface area contributed by atoms with Crippen molar-refractivity contribution >= 4 is 12.3 Å². The number of hydrogen-bond acceptors (Lipinski definition) is 7. The van der Waals surface area contributed by atoms with Gasteiger partial charge in [-0.05, 0) is 36.6 Å². The van der Waals surface area contributed by atoms with Crippen molar-refractivity contribution in [2.75, 3.05) is 13.7 Å². The van der Waals surface area contributed by atoms with Crippen LogP contribution in [0.4, 0.5) is 0 Å². The fourth-order valence-corrected chi connectivity index (χ4v) is 3.93. The number of carbonyl (C=O) groups is 2. The van der Waals surface area contributed by atoms with Gasteiger partial charge in [0.1, 0.15) is 24.7 Å². The first-order valence-electron chi connectivity index (χ1n) is 12.0. The summed E-state index contributed by atoms with van der Waals surface area (Å²) < 4.78 is 23.0. The Morgan fingerprint density at radius 1 is 1.11 bits per heavy atom. The highest BCUT2D eigenvalue weighted by Gasteiger charge is 2.23. The molecular weight excluding hydrogens is 470 g/mol. The van der Waals surface area contributed by atoms with E-state index in [0.29, 0.717) is 52.6 Å². The Morgan fingerprint density at radius 2 is 1.86 bits per heavy atom. The molecule has 0 aliphatic heterocycles. The fraction of sp³-hybridized carbons (Fsp3) is 0.300. The van der Waals surface area contributed by atoms with Crippen LogP contribution in [-0.2, 0) is 20.9 Å². The van der Waals surface area contributed by atoms with Crippen LogP contribution in [0.2, 0.25) is 0 Å².